The summed E-state index contributed by atoms with van der Waals surface area (Å²) in [5, 5.41) is 2.86. The number of nitrogens with one attached hydrogen (secondary N) is 1. The number of carbonyl (C=O) groups excluding carboxylic acids is 1. The van der Waals surface area contributed by atoms with E-state index in [0.717, 1.165) is 5.56 Å². The van der Waals surface area contributed by atoms with Crippen LogP contribution in [0.15, 0.2) is 29.2 Å². The highest BCUT2D eigenvalue weighted by molar-refractivity contribution is 7.89. The van der Waals surface area contributed by atoms with Crippen LogP contribution in [0, 0.1) is 0 Å². The zero-order valence-corrected chi connectivity index (χ0v) is 17.4. The van der Waals surface area contributed by atoms with Crippen molar-refractivity contribution in [2.24, 2.45) is 5.73 Å². The van der Waals surface area contributed by atoms with E-state index in [9.17, 15) is 13.2 Å². The van der Waals surface area contributed by atoms with E-state index < -0.39 is 10.0 Å². The van der Waals surface area contributed by atoms with E-state index in [2.05, 4.69) is 5.32 Å². The summed E-state index contributed by atoms with van der Waals surface area (Å²) in [5.41, 5.74) is 6.34. The van der Waals surface area contributed by atoms with Gasteiger partial charge in [-0.3, -0.25) is 4.79 Å². The Kier molecular flexibility index (Phi) is 11.0. The van der Waals surface area contributed by atoms with Gasteiger partial charge in [-0.25, -0.2) is 8.42 Å². The van der Waals surface area contributed by atoms with Gasteiger partial charge in [-0.15, -0.1) is 12.4 Å². The maximum absolute atomic E-state index is 12.5. The Balaban J connectivity index is 0.00000625. The quantitative estimate of drug-likeness (QED) is 0.614. The second kappa shape index (κ2) is 11.5. The molecule has 2 atom stereocenters. The van der Waals surface area contributed by atoms with Gasteiger partial charge in [0.05, 0.1) is 23.5 Å². The summed E-state index contributed by atoms with van der Waals surface area (Å²) < 4.78 is 31.4. The minimum Gasteiger partial charge on any atom is -0.380 e. The van der Waals surface area contributed by atoms with Gasteiger partial charge < -0.3 is 15.8 Å². The molecule has 1 rings (SSSR count). The van der Waals surface area contributed by atoms with E-state index in [4.69, 9.17) is 10.5 Å². The molecule has 0 aliphatic heterocycles. The number of nitrogens with zero attached hydrogens (tertiary/aromatic N) is 1. The molecule has 1 aromatic carbocycles. The number of hydrogen-bond acceptors (Lipinski definition) is 5. The summed E-state index contributed by atoms with van der Waals surface area (Å²) in [7, 11) is -1.96. The fourth-order valence-corrected chi connectivity index (χ4v) is 3.95. The van der Waals surface area contributed by atoms with Crippen molar-refractivity contribution in [3.05, 3.63) is 29.8 Å². The molecule has 26 heavy (non-hydrogen) atoms. The summed E-state index contributed by atoms with van der Waals surface area (Å²) in [6.07, 6.45) is -0.125. The number of carbonyl (C=O) groups is 1. The first-order valence-electron chi connectivity index (χ1n) is 8.42. The number of benzene rings is 1. The second-order valence-electron chi connectivity index (χ2n) is 5.75. The minimum atomic E-state index is -3.47. The van der Waals surface area contributed by atoms with Gasteiger partial charge in [0, 0.05) is 26.7 Å². The molecule has 9 heteroatoms. The Labute approximate surface area is 162 Å². The van der Waals surface area contributed by atoms with E-state index in [-0.39, 0.29) is 48.3 Å². The summed E-state index contributed by atoms with van der Waals surface area (Å²) >= 11 is 0. The van der Waals surface area contributed by atoms with Crippen LogP contribution in [0.2, 0.25) is 0 Å². The number of halogens is 1. The highest BCUT2D eigenvalue weighted by atomic mass is 35.5. The summed E-state index contributed by atoms with van der Waals surface area (Å²) in [6, 6.07) is 6.34. The Bertz CT molecular complexity index is 644. The van der Waals surface area contributed by atoms with Gasteiger partial charge in [-0.1, -0.05) is 26.0 Å². The van der Waals surface area contributed by atoms with Crippen LogP contribution in [-0.4, -0.2) is 51.5 Å². The van der Waals surface area contributed by atoms with Gasteiger partial charge in [-0.2, -0.15) is 4.31 Å². The van der Waals surface area contributed by atoms with Gasteiger partial charge in [-0.05, 0) is 24.6 Å². The van der Waals surface area contributed by atoms with Crippen LogP contribution in [0.1, 0.15) is 38.8 Å². The number of hydrogen-bond donors (Lipinski definition) is 2. The molecule has 2 unspecified atom stereocenters. The first-order valence-corrected chi connectivity index (χ1v) is 9.86. The molecule has 0 heterocycles. The highest BCUT2D eigenvalue weighted by Crippen LogP contribution is 2.19. The lowest BCUT2D eigenvalue weighted by Crippen LogP contribution is -2.33. The van der Waals surface area contributed by atoms with Crippen LogP contribution >= 0.6 is 12.4 Å². The number of amides is 1. The zero-order valence-electron chi connectivity index (χ0n) is 15.8. The van der Waals surface area contributed by atoms with Crippen LogP contribution in [-0.2, 0) is 19.6 Å². The molecule has 150 valence electrons. The molecule has 0 aromatic heterocycles. The molecule has 0 fully saturated rings. The third kappa shape index (κ3) is 6.51. The molecule has 0 aliphatic rings. The molecule has 1 amide bonds. The average Bonchev–Trinajstić information content (AvgIpc) is 2.60. The number of ether oxygens (including phenoxy) is 1. The molecule has 0 saturated heterocycles. The van der Waals surface area contributed by atoms with Gasteiger partial charge in [0.25, 0.3) is 0 Å². The van der Waals surface area contributed by atoms with Gasteiger partial charge in [0.2, 0.25) is 15.9 Å². The zero-order chi connectivity index (χ0) is 19.0. The molecule has 0 saturated carbocycles. The number of sulfonamides is 1. The van der Waals surface area contributed by atoms with Crippen molar-refractivity contribution >= 4 is 28.3 Å². The molecule has 3 N–H and O–H groups in total. The maximum Gasteiger partial charge on any atom is 0.243 e. The summed E-state index contributed by atoms with van der Waals surface area (Å²) in [4.78, 5) is 12.2. The molecular formula is C17H30ClN3O4S. The first-order chi connectivity index (χ1) is 11.8. The van der Waals surface area contributed by atoms with Crippen LogP contribution in [0.3, 0.4) is 0 Å². The van der Waals surface area contributed by atoms with Crippen molar-refractivity contribution in [3.8, 4) is 0 Å². The SMILES string of the molecule is CCN(CC)S(=O)(=O)c1ccc(C(C)NC(=O)CC(CN)OC)cc1.Cl. The van der Waals surface area contributed by atoms with Crippen LogP contribution in [0.5, 0.6) is 0 Å². The second-order valence-corrected chi connectivity index (χ2v) is 7.68. The van der Waals surface area contributed by atoms with Crippen molar-refractivity contribution in [1.82, 2.24) is 9.62 Å². The molecular weight excluding hydrogens is 378 g/mol. The van der Waals surface area contributed by atoms with Gasteiger partial charge in [0.15, 0.2) is 0 Å². The van der Waals surface area contributed by atoms with E-state index in [1.807, 2.05) is 20.8 Å². The van der Waals surface area contributed by atoms with E-state index in [0.29, 0.717) is 13.1 Å². The number of rotatable bonds is 10. The Hall–Kier alpha value is -1.19. The normalized spacial score (nSPS) is 13.8. The van der Waals surface area contributed by atoms with Crippen LogP contribution in [0.4, 0.5) is 0 Å². The van der Waals surface area contributed by atoms with Crippen molar-refractivity contribution in [2.45, 2.75) is 44.2 Å². The fourth-order valence-electron chi connectivity index (χ4n) is 2.49. The molecule has 1 aromatic rings. The van der Waals surface area contributed by atoms with Gasteiger partial charge >= 0.3 is 0 Å². The summed E-state index contributed by atoms with van der Waals surface area (Å²) in [6.45, 7) is 6.58. The lowest BCUT2D eigenvalue weighted by molar-refractivity contribution is -0.124. The van der Waals surface area contributed by atoms with Crippen molar-refractivity contribution in [2.75, 3.05) is 26.7 Å². The summed E-state index contributed by atoms with van der Waals surface area (Å²) in [5.74, 6) is -0.162. The smallest absolute Gasteiger partial charge is 0.243 e. The topological polar surface area (TPSA) is 102 Å². The highest BCUT2D eigenvalue weighted by Gasteiger charge is 2.22. The van der Waals surface area contributed by atoms with Gasteiger partial charge in [0.1, 0.15) is 0 Å². The van der Waals surface area contributed by atoms with E-state index in [1.54, 1.807) is 24.3 Å². The van der Waals surface area contributed by atoms with Crippen molar-refractivity contribution < 1.29 is 17.9 Å². The van der Waals surface area contributed by atoms with Crippen LogP contribution < -0.4 is 11.1 Å². The number of nitrogens with two attached hydrogens (primary N) is 1. The third-order valence-electron chi connectivity index (χ3n) is 4.11. The predicted molar refractivity (Wildman–Crippen MR) is 105 cm³/mol. The van der Waals surface area contributed by atoms with Crippen molar-refractivity contribution in [1.29, 1.82) is 0 Å². The number of methoxy groups -OCH3 is 1. The van der Waals surface area contributed by atoms with E-state index in [1.165, 1.54) is 11.4 Å². The first kappa shape index (κ1) is 24.8. The fraction of sp³-hybridized carbons (Fsp3) is 0.588. The molecule has 0 radical (unpaired) electrons. The lowest BCUT2D eigenvalue weighted by Gasteiger charge is -2.20. The predicted octanol–water partition coefficient (Wildman–Crippen LogP) is 1.68. The minimum absolute atomic E-state index is 0. The molecule has 0 bridgehead atoms. The monoisotopic (exact) mass is 407 g/mol. The largest absolute Gasteiger partial charge is 0.380 e. The maximum atomic E-state index is 12.5. The third-order valence-corrected chi connectivity index (χ3v) is 6.17. The van der Waals surface area contributed by atoms with Crippen molar-refractivity contribution in [3.63, 3.8) is 0 Å². The average molecular weight is 408 g/mol. The molecule has 7 nitrogen and oxygen atoms in total. The Morgan fingerprint density at radius 3 is 2.19 bits per heavy atom. The van der Waals surface area contributed by atoms with Crippen LogP contribution in [0.25, 0.3) is 0 Å². The Morgan fingerprint density at radius 2 is 1.77 bits per heavy atom. The standard InChI is InChI=1S/C17H29N3O4S.ClH/c1-5-20(6-2)25(22,23)16-9-7-14(8-10-16)13(3)19-17(21)11-15(12-18)24-4;/h7-10,13,15H,5-6,11-12,18H2,1-4H3,(H,19,21);1H. The Morgan fingerprint density at radius 1 is 1.23 bits per heavy atom. The molecule has 0 spiro atoms. The lowest BCUT2D eigenvalue weighted by atomic mass is 10.1. The molecule has 0 aliphatic carbocycles. The van der Waals surface area contributed by atoms with E-state index >= 15 is 0 Å².